The standard InChI is InChI=1S/C23H14O/c1-2-16-11-12-17-7-3-5-9-20(17)22(16)23-19(15-24)14-13-18-8-4-6-10-21(18)23/h1,3-15H. The first kappa shape index (κ1) is 14.2. The first-order valence-corrected chi connectivity index (χ1v) is 7.79. The predicted octanol–water partition coefficient (Wildman–Crippen LogP) is 5.45. The summed E-state index contributed by atoms with van der Waals surface area (Å²) in [7, 11) is 0. The monoisotopic (exact) mass is 306 g/mol. The number of aldehydes is 1. The molecule has 1 nitrogen and oxygen atoms in total. The van der Waals surface area contributed by atoms with Crippen molar-refractivity contribution in [2.75, 3.05) is 0 Å². The van der Waals surface area contributed by atoms with Gasteiger partial charge in [-0.25, -0.2) is 0 Å². The minimum Gasteiger partial charge on any atom is -0.298 e. The normalized spacial score (nSPS) is 10.6. The molecule has 0 unspecified atom stereocenters. The minimum absolute atomic E-state index is 0.654. The fourth-order valence-electron chi connectivity index (χ4n) is 3.33. The van der Waals surface area contributed by atoms with Gasteiger partial charge in [0.1, 0.15) is 0 Å². The van der Waals surface area contributed by atoms with Crippen molar-refractivity contribution in [1.82, 2.24) is 0 Å². The zero-order chi connectivity index (χ0) is 16.5. The summed E-state index contributed by atoms with van der Waals surface area (Å²) in [5, 5.41) is 4.30. The number of carbonyl (C=O) groups excluding carboxylic acids is 1. The molecule has 0 amide bonds. The highest BCUT2D eigenvalue weighted by atomic mass is 16.1. The molecule has 0 aromatic heterocycles. The molecule has 0 spiro atoms. The van der Waals surface area contributed by atoms with Crippen LogP contribution < -0.4 is 0 Å². The summed E-state index contributed by atoms with van der Waals surface area (Å²) >= 11 is 0. The van der Waals surface area contributed by atoms with Gasteiger partial charge in [0, 0.05) is 22.3 Å². The van der Waals surface area contributed by atoms with Crippen LogP contribution in [0.15, 0.2) is 72.8 Å². The summed E-state index contributed by atoms with van der Waals surface area (Å²) in [6.07, 6.45) is 6.68. The predicted molar refractivity (Wildman–Crippen MR) is 100 cm³/mol. The quantitative estimate of drug-likeness (QED) is 0.355. The molecule has 0 aliphatic heterocycles. The molecule has 0 N–H and O–H groups in total. The number of carbonyl (C=O) groups is 1. The molecule has 24 heavy (non-hydrogen) atoms. The lowest BCUT2D eigenvalue weighted by Gasteiger charge is -2.15. The maximum absolute atomic E-state index is 11.7. The highest BCUT2D eigenvalue weighted by molar-refractivity contribution is 6.12. The van der Waals surface area contributed by atoms with Gasteiger partial charge in [0.05, 0.1) is 0 Å². The van der Waals surface area contributed by atoms with Crippen LogP contribution in [0.3, 0.4) is 0 Å². The van der Waals surface area contributed by atoms with Crippen LogP contribution in [0, 0.1) is 12.3 Å². The van der Waals surface area contributed by atoms with E-state index >= 15 is 0 Å². The van der Waals surface area contributed by atoms with E-state index in [1.807, 2.05) is 60.7 Å². The lowest BCUT2D eigenvalue weighted by molar-refractivity contribution is 0.112. The Morgan fingerprint density at radius 1 is 0.708 bits per heavy atom. The van der Waals surface area contributed by atoms with Gasteiger partial charge in [-0.05, 0) is 27.6 Å². The van der Waals surface area contributed by atoms with Crippen LogP contribution >= 0.6 is 0 Å². The van der Waals surface area contributed by atoms with Crippen LogP contribution in [0.1, 0.15) is 15.9 Å². The molecular formula is C23H14O. The third-order valence-corrected chi connectivity index (χ3v) is 4.42. The molecule has 0 radical (unpaired) electrons. The molecule has 112 valence electrons. The largest absolute Gasteiger partial charge is 0.298 e. The van der Waals surface area contributed by atoms with E-state index in [1.54, 1.807) is 0 Å². The van der Waals surface area contributed by atoms with E-state index in [1.165, 1.54) is 0 Å². The van der Waals surface area contributed by atoms with Gasteiger partial charge in [-0.3, -0.25) is 4.79 Å². The molecule has 4 rings (SSSR count). The zero-order valence-corrected chi connectivity index (χ0v) is 13.0. The van der Waals surface area contributed by atoms with Gasteiger partial charge in [0.25, 0.3) is 0 Å². The van der Waals surface area contributed by atoms with Crippen molar-refractivity contribution in [1.29, 1.82) is 0 Å². The molecule has 0 bridgehead atoms. The third kappa shape index (κ3) is 2.09. The van der Waals surface area contributed by atoms with Crippen LogP contribution in [0.4, 0.5) is 0 Å². The number of hydrogen-bond donors (Lipinski definition) is 0. The van der Waals surface area contributed by atoms with Crippen molar-refractivity contribution < 1.29 is 4.79 Å². The van der Waals surface area contributed by atoms with Gasteiger partial charge in [-0.2, -0.15) is 0 Å². The van der Waals surface area contributed by atoms with E-state index in [2.05, 4.69) is 18.1 Å². The smallest absolute Gasteiger partial charge is 0.150 e. The molecule has 4 aromatic rings. The first-order valence-electron chi connectivity index (χ1n) is 7.79. The Balaban J connectivity index is 2.26. The molecule has 1 heteroatoms. The fourth-order valence-corrected chi connectivity index (χ4v) is 3.33. The Hall–Kier alpha value is -3.37. The van der Waals surface area contributed by atoms with Crippen LogP contribution in [0.2, 0.25) is 0 Å². The average Bonchev–Trinajstić information content (AvgIpc) is 2.66. The Labute approximate surface area is 140 Å². The summed E-state index contributed by atoms with van der Waals surface area (Å²) in [4.78, 5) is 11.7. The Bertz CT molecular complexity index is 1130. The number of hydrogen-bond acceptors (Lipinski definition) is 1. The van der Waals surface area contributed by atoms with Crippen molar-refractivity contribution in [3.05, 3.63) is 83.9 Å². The van der Waals surface area contributed by atoms with Crippen LogP contribution in [-0.4, -0.2) is 6.29 Å². The molecular weight excluding hydrogens is 292 g/mol. The Kier molecular flexibility index (Phi) is 3.37. The second kappa shape index (κ2) is 5.68. The van der Waals surface area contributed by atoms with E-state index < -0.39 is 0 Å². The van der Waals surface area contributed by atoms with Crippen LogP contribution in [0.25, 0.3) is 32.7 Å². The van der Waals surface area contributed by atoms with E-state index in [4.69, 9.17) is 6.42 Å². The number of rotatable bonds is 2. The topological polar surface area (TPSA) is 17.1 Å². The number of fused-ring (bicyclic) bond motifs is 2. The molecule has 0 aliphatic rings. The van der Waals surface area contributed by atoms with Gasteiger partial charge in [-0.15, -0.1) is 6.42 Å². The van der Waals surface area contributed by atoms with Gasteiger partial charge in [0.2, 0.25) is 0 Å². The lowest BCUT2D eigenvalue weighted by atomic mass is 9.87. The van der Waals surface area contributed by atoms with E-state index in [0.717, 1.165) is 44.5 Å². The van der Waals surface area contributed by atoms with Gasteiger partial charge >= 0.3 is 0 Å². The average molecular weight is 306 g/mol. The molecule has 0 heterocycles. The molecule has 0 fully saturated rings. The minimum atomic E-state index is 0.654. The van der Waals surface area contributed by atoms with E-state index in [-0.39, 0.29) is 0 Å². The van der Waals surface area contributed by atoms with Crippen molar-refractivity contribution in [2.45, 2.75) is 0 Å². The van der Waals surface area contributed by atoms with E-state index in [0.29, 0.717) is 5.56 Å². The van der Waals surface area contributed by atoms with Crippen molar-refractivity contribution in [2.24, 2.45) is 0 Å². The third-order valence-electron chi connectivity index (χ3n) is 4.42. The summed E-state index contributed by atoms with van der Waals surface area (Å²) < 4.78 is 0. The van der Waals surface area contributed by atoms with Crippen LogP contribution in [0.5, 0.6) is 0 Å². The fraction of sp³-hybridized carbons (Fsp3) is 0. The Morgan fingerprint density at radius 2 is 1.29 bits per heavy atom. The highest BCUT2D eigenvalue weighted by Gasteiger charge is 2.15. The van der Waals surface area contributed by atoms with Crippen molar-refractivity contribution in [3.8, 4) is 23.5 Å². The highest BCUT2D eigenvalue weighted by Crippen LogP contribution is 2.38. The van der Waals surface area contributed by atoms with Crippen LogP contribution in [-0.2, 0) is 0 Å². The first-order chi connectivity index (χ1) is 11.8. The van der Waals surface area contributed by atoms with Crippen molar-refractivity contribution in [3.63, 3.8) is 0 Å². The Morgan fingerprint density at radius 3 is 1.92 bits per heavy atom. The lowest BCUT2D eigenvalue weighted by Crippen LogP contribution is -1.94. The number of benzene rings is 4. The SMILES string of the molecule is C#Cc1ccc2ccccc2c1-c1c(C=O)ccc2ccccc12. The van der Waals surface area contributed by atoms with Gasteiger partial charge < -0.3 is 0 Å². The molecule has 0 atom stereocenters. The van der Waals surface area contributed by atoms with Gasteiger partial charge in [-0.1, -0.05) is 72.7 Å². The maximum Gasteiger partial charge on any atom is 0.150 e. The molecule has 4 aromatic carbocycles. The summed E-state index contributed by atoms with van der Waals surface area (Å²) in [5.41, 5.74) is 3.32. The number of terminal acetylenes is 1. The molecule has 0 aliphatic carbocycles. The summed E-state index contributed by atoms with van der Waals surface area (Å²) in [5.74, 6) is 2.79. The van der Waals surface area contributed by atoms with Gasteiger partial charge in [0.15, 0.2) is 6.29 Å². The molecule has 0 saturated heterocycles. The maximum atomic E-state index is 11.7. The molecule has 0 saturated carbocycles. The zero-order valence-electron chi connectivity index (χ0n) is 13.0. The summed E-state index contributed by atoms with van der Waals surface area (Å²) in [6, 6.07) is 24.0. The second-order valence-corrected chi connectivity index (χ2v) is 5.72. The summed E-state index contributed by atoms with van der Waals surface area (Å²) in [6.45, 7) is 0. The van der Waals surface area contributed by atoms with Crippen molar-refractivity contribution >= 4 is 27.8 Å². The second-order valence-electron chi connectivity index (χ2n) is 5.72. The van der Waals surface area contributed by atoms with E-state index in [9.17, 15) is 4.79 Å².